The third-order valence-corrected chi connectivity index (χ3v) is 12.5. The monoisotopic (exact) mass is 930 g/mol. The van der Waals surface area contributed by atoms with E-state index >= 15 is 0 Å². The van der Waals surface area contributed by atoms with Crippen molar-refractivity contribution in [2.75, 3.05) is 65.4 Å². The third kappa shape index (κ3) is 15.1. The first-order chi connectivity index (χ1) is 31.5. The molecule has 5 unspecified atom stereocenters. The molecule has 1 saturated carbocycles. The molecule has 0 bridgehead atoms. The van der Waals surface area contributed by atoms with E-state index in [4.69, 9.17) is 0 Å². The molecule has 12 amide bonds. The fourth-order valence-electron chi connectivity index (χ4n) is 8.59. The third-order valence-electron chi connectivity index (χ3n) is 12.5. The van der Waals surface area contributed by atoms with Crippen LogP contribution in [0.4, 0.5) is 0 Å². The van der Waals surface area contributed by atoms with E-state index in [0.717, 1.165) is 19.3 Å². The summed E-state index contributed by atoms with van der Waals surface area (Å²) < 4.78 is 0. The molecule has 3 saturated heterocycles. The molecule has 0 aromatic heterocycles. The number of amides is 12. The average Bonchev–Trinajstić information content (AvgIpc) is 3.98. The van der Waals surface area contributed by atoms with Crippen LogP contribution < -0.4 is 53.2 Å². The van der Waals surface area contributed by atoms with Crippen LogP contribution >= 0.6 is 0 Å². The number of carbonyl (C=O) groups is 12. The minimum absolute atomic E-state index is 0.204. The summed E-state index contributed by atoms with van der Waals surface area (Å²) in [5.41, 5.74) is -1.43. The molecule has 6 atom stereocenters. The van der Waals surface area contributed by atoms with Gasteiger partial charge >= 0.3 is 0 Å². The molecule has 3 aliphatic heterocycles. The minimum Gasteiger partial charge on any atom is -0.347 e. The van der Waals surface area contributed by atoms with Crippen molar-refractivity contribution in [2.24, 2.45) is 11.8 Å². The Morgan fingerprint density at radius 1 is 0.591 bits per heavy atom. The number of hydrogen-bond donors (Lipinski definition) is 10. The van der Waals surface area contributed by atoms with Gasteiger partial charge in [0.2, 0.25) is 70.9 Å². The molecule has 24 heteroatoms. The van der Waals surface area contributed by atoms with Gasteiger partial charge in [-0.1, -0.05) is 40.0 Å². The van der Waals surface area contributed by atoms with Crippen molar-refractivity contribution in [3.63, 3.8) is 0 Å². The molecule has 1 aliphatic carbocycles. The highest BCUT2D eigenvalue weighted by molar-refractivity contribution is 5.99. The first kappa shape index (κ1) is 52.3. The van der Waals surface area contributed by atoms with E-state index in [9.17, 15) is 57.5 Å². The fourth-order valence-corrected chi connectivity index (χ4v) is 8.59. The number of piperidine rings is 1. The van der Waals surface area contributed by atoms with E-state index in [1.165, 1.54) is 9.80 Å². The van der Waals surface area contributed by atoms with E-state index in [1.807, 2.05) is 6.92 Å². The lowest BCUT2D eigenvalue weighted by atomic mass is 9.83. The van der Waals surface area contributed by atoms with Crippen LogP contribution in [0.25, 0.3) is 0 Å². The van der Waals surface area contributed by atoms with Gasteiger partial charge in [-0.05, 0) is 56.8 Å². The lowest BCUT2D eigenvalue weighted by Crippen LogP contribution is -2.64. The maximum Gasteiger partial charge on any atom is 0.246 e. The molecule has 10 N–H and O–H groups in total. The van der Waals surface area contributed by atoms with E-state index < -0.39 is 153 Å². The molecular formula is C42H66N12O12. The number of fused-ring (bicyclic) bond motifs is 1. The number of nitrogens with one attached hydrogen (secondary N) is 10. The van der Waals surface area contributed by atoms with Crippen molar-refractivity contribution >= 4 is 70.9 Å². The number of rotatable bonds is 4. The second-order valence-electron chi connectivity index (χ2n) is 17.1. The van der Waals surface area contributed by atoms with Crippen LogP contribution in [0.5, 0.6) is 0 Å². The van der Waals surface area contributed by atoms with Crippen molar-refractivity contribution < 1.29 is 57.5 Å². The predicted octanol–water partition coefficient (Wildman–Crippen LogP) is -4.71. The molecule has 0 aromatic carbocycles. The summed E-state index contributed by atoms with van der Waals surface area (Å²) in [6.45, 7) is 2.40. The number of likely N-dealkylation sites (tertiary alicyclic amines) is 1. The molecule has 4 rings (SSSR count). The van der Waals surface area contributed by atoms with Crippen LogP contribution in [0.15, 0.2) is 0 Å². The zero-order valence-electron chi connectivity index (χ0n) is 38.0. The van der Waals surface area contributed by atoms with Gasteiger partial charge in [-0.25, -0.2) is 0 Å². The molecule has 4 fully saturated rings. The minimum atomic E-state index is -1.43. The fraction of sp³-hybridized carbons (Fsp3) is 0.714. The highest BCUT2D eigenvalue weighted by atomic mass is 16.2. The van der Waals surface area contributed by atoms with Crippen molar-refractivity contribution in [1.82, 2.24) is 63.0 Å². The van der Waals surface area contributed by atoms with Crippen LogP contribution in [0.1, 0.15) is 91.4 Å². The Kier molecular flexibility index (Phi) is 20.1. The predicted molar refractivity (Wildman–Crippen MR) is 233 cm³/mol. The van der Waals surface area contributed by atoms with Gasteiger partial charge in [0.05, 0.1) is 52.2 Å². The zero-order valence-corrected chi connectivity index (χ0v) is 38.0. The Labute approximate surface area is 383 Å². The Morgan fingerprint density at radius 2 is 1.14 bits per heavy atom. The van der Waals surface area contributed by atoms with E-state index in [-0.39, 0.29) is 25.3 Å². The van der Waals surface area contributed by atoms with Gasteiger partial charge in [0, 0.05) is 19.6 Å². The summed E-state index contributed by atoms with van der Waals surface area (Å²) in [6, 6.07) is -3.47. The second kappa shape index (κ2) is 25.4. The zero-order chi connectivity index (χ0) is 48.4. The molecule has 3 heterocycles. The van der Waals surface area contributed by atoms with Crippen LogP contribution in [0.2, 0.25) is 0 Å². The first-order valence-corrected chi connectivity index (χ1v) is 22.9. The SMILES string of the molecule is CCC1CCCC12NC(=O)C1CCCN1C(=O)CNC(=O)CNC(=O)CNC(=O)CNC(=O)CNC(=O)C([C@@H](C)CC)NC(=O)CNC(=O)CC(C(=O)N1CCCCC1)NC(=O)CNC2=O. The molecule has 366 valence electrons. The van der Waals surface area contributed by atoms with Crippen molar-refractivity contribution in [1.29, 1.82) is 0 Å². The molecule has 1 spiro atoms. The maximum atomic E-state index is 14.1. The average molecular weight is 931 g/mol. The van der Waals surface area contributed by atoms with Crippen LogP contribution in [-0.2, 0) is 57.5 Å². The van der Waals surface area contributed by atoms with E-state index in [2.05, 4.69) is 53.2 Å². The van der Waals surface area contributed by atoms with Crippen LogP contribution in [0, 0.1) is 11.8 Å². The Morgan fingerprint density at radius 3 is 1.74 bits per heavy atom. The Hall–Kier alpha value is -6.36. The van der Waals surface area contributed by atoms with E-state index in [0.29, 0.717) is 45.2 Å². The summed E-state index contributed by atoms with van der Waals surface area (Å²) in [5, 5.41) is 24.8. The summed E-state index contributed by atoms with van der Waals surface area (Å²) >= 11 is 0. The molecule has 4 aliphatic rings. The van der Waals surface area contributed by atoms with Gasteiger partial charge in [0.15, 0.2) is 0 Å². The lowest BCUT2D eigenvalue weighted by molar-refractivity contribution is -0.142. The number of nitrogens with zero attached hydrogens (tertiary/aromatic N) is 2. The first-order valence-electron chi connectivity index (χ1n) is 22.9. The van der Waals surface area contributed by atoms with Gasteiger partial charge in [-0.15, -0.1) is 0 Å². The van der Waals surface area contributed by atoms with Crippen LogP contribution in [-0.4, -0.2) is 170 Å². The molecular weight excluding hydrogens is 865 g/mol. The van der Waals surface area contributed by atoms with Gasteiger partial charge < -0.3 is 63.0 Å². The van der Waals surface area contributed by atoms with E-state index in [1.54, 1.807) is 13.8 Å². The topological polar surface area (TPSA) is 332 Å². The molecule has 0 aromatic rings. The van der Waals surface area contributed by atoms with Gasteiger partial charge in [-0.2, -0.15) is 0 Å². The normalized spacial score (nSPS) is 27.8. The summed E-state index contributed by atoms with van der Waals surface area (Å²) in [6.07, 6.45) is 4.91. The van der Waals surface area contributed by atoms with Crippen molar-refractivity contribution in [3.05, 3.63) is 0 Å². The summed E-state index contributed by atoms with van der Waals surface area (Å²) in [5.74, 6) is -9.11. The van der Waals surface area contributed by atoms with Gasteiger partial charge in [0.1, 0.15) is 23.7 Å². The smallest absolute Gasteiger partial charge is 0.246 e. The highest BCUT2D eigenvalue weighted by Gasteiger charge is 2.51. The summed E-state index contributed by atoms with van der Waals surface area (Å²) in [7, 11) is 0. The molecule has 24 nitrogen and oxygen atoms in total. The van der Waals surface area contributed by atoms with Gasteiger partial charge in [0.25, 0.3) is 0 Å². The molecule has 0 radical (unpaired) electrons. The summed E-state index contributed by atoms with van der Waals surface area (Å²) in [4.78, 5) is 160. The molecule has 66 heavy (non-hydrogen) atoms. The standard InChI is InChI=1S/C42H66N12O12/c1-4-25(3)37-39(64)48-21-33(59)46-19-31(57)44-18-30(56)45-20-32(58)47-24-36(62)54-16-10-12-28(54)38(63)52-42(13-9-11-26(42)5-2)41(66)49-23-34(60)50-27(17-29(55)43-22-35(61)51-37)40(65)53-14-7-6-8-15-53/h25-28,37H,4-24H2,1-3H3,(H,43,55)(H,44,57)(H,45,56)(H,46,59)(H,47,58)(H,48,64)(H,49,66)(H,50,60)(H,51,61)(H,52,63)/t25-,26?,27?,28?,37?,42?/m0/s1. The quantitative estimate of drug-likeness (QED) is 0.127. The lowest BCUT2D eigenvalue weighted by Gasteiger charge is -2.37. The maximum absolute atomic E-state index is 14.1. The van der Waals surface area contributed by atoms with Crippen molar-refractivity contribution in [2.45, 2.75) is 115 Å². The highest BCUT2D eigenvalue weighted by Crippen LogP contribution is 2.38. The second-order valence-corrected chi connectivity index (χ2v) is 17.1. The van der Waals surface area contributed by atoms with Gasteiger partial charge in [-0.3, -0.25) is 57.5 Å². The number of carbonyl (C=O) groups excluding carboxylic acids is 12. The Balaban J connectivity index is 1.52. The Bertz CT molecular complexity index is 1860. The largest absolute Gasteiger partial charge is 0.347 e. The van der Waals surface area contributed by atoms with Crippen molar-refractivity contribution in [3.8, 4) is 0 Å². The number of hydrogen-bond acceptors (Lipinski definition) is 12. The van der Waals surface area contributed by atoms with Crippen LogP contribution in [0.3, 0.4) is 0 Å².